The van der Waals surface area contributed by atoms with Crippen LogP contribution in [0, 0.1) is 5.92 Å². The molecule has 0 amide bonds. The molecule has 6 nitrogen and oxygen atoms in total. The molecule has 0 saturated heterocycles. The van der Waals surface area contributed by atoms with Crippen molar-refractivity contribution in [1.82, 2.24) is 14.7 Å². The van der Waals surface area contributed by atoms with E-state index in [0.717, 1.165) is 5.56 Å². The first-order valence-corrected chi connectivity index (χ1v) is 8.92. The van der Waals surface area contributed by atoms with Crippen molar-refractivity contribution in [3.63, 3.8) is 0 Å². The standard InChI is InChI=1S/C16H21N3O3S/c1-13(2)11-22-15-3-5-16(6-4-15)23(20,21)19-8-7-14-9-17-12-18-10-14/h3-6,9-10,12-13,19H,7-8,11H2,1-2H3. The number of benzene rings is 1. The molecule has 0 atom stereocenters. The van der Waals surface area contributed by atoms with Crippen LogP contribution in [-0.2, 0) is 16.4 Å². The zero-order valence-electron chi connectivity index (χ0n) is 13.3. The third-order valence-corrected chi connectivity index (χ3v) is 4.51. The van der Waals surface area contributed by atoms with Gasteiger partial charge in [-0.2, -0.15) is 0 Å². The first kappa shape index (κ1) is 17.4. The topological polar surface area (TPSA) is 81.2 Å². The van der Waals surface area contributed by atoms with Gasteiger partial charge in [0.25, 0.3) is 0 Å². The second-order valence-electron chi connectivity index (χ2n) is 5.57. The maximum Gasteiger partial charge on any atom is 0.240 e. The van der Waals surface area contributed by atoms with E-state index in [4.69, 9.17) is 4.74 Å². The van der Waals surface area contributed by atoms with Crippen molar-refractivity contribution in [3.05, 3.63) is 48.5 Å². The van der Waals surface area contributed by atoms with Crippen molar-refractivity contribution in [3.8, 4) is 5.75 Å². The summed E-state index contributed by atoms with van der Waals surface area (Å²) in [5, 5.41) is 0. The molecule has 1 aromatic carbocycles. The molecule has 0 saturated carbocycles. The summed E-state index contributed by atoms with van der Waals surface area (Å²) in [6, 6.07) is 6.43. The van der Waals surface area contributed by atoms with E-state index in [0.29, 0.717) is 31.2 Å². The van der Waals surface area contributed by atoms with Gasteiger partial charge in [-0.3, -0.25) is 0 Å². The number of hydrogen-bond acceptors (Lipinski definition) is 5. The van der Waals surface area contributed by atoms with Crippen LogP contribution in [0.3, 0.4) is 0 Å². The predicted octanol–water partition coefficient (Wildman–Crippen LogP) is 2.03. The van der Waals surface area contributed by atoms with Crippen LogP contribution in [-0.4, -0.2) is 31.5 Å². The highest BCUT2D eigenvalue weighted by molar-refractivity contribution is 7.89. The van der Waals surface area contributed by atoms with E-state index in [2.05, 4.69) is 28.5 Å². The Morgan fingerprint density at radius 3 is 2.39 bits per heavy atom. The summed E-state index contributed by atoms with van der Waals surface area (Å²) in [6.45, 7) is 5.01. The lowest BCUT2D eigenvalue weighted by Gasteiger charge is -2.10. The molecule has 0 aliphatic carbocycles. The molecule has 1 N–H and O–H groups in total. The lowest BCUT2D eigenvalue weighted by Crippen LogP contribution is -2.26. The Bertz CT molecular complexity index is 701. The molecule has 0 radical (unpaired) electrons. The van der Waals surface area contributed by atoms with Gasteiger partial charge in [0, 0.05) is 18.9 Å². The van der Waals surface area contributed by atoms with Gasteiger partial charge in [-0.1, -0.05) is 13.8 Å². The second kappa shape index (κ2) is 8.03. The molecule has 0 unspecified atom stereocenters. The average Bonchev–Trinajstić information content (AvgIpc) is 2.54. The first-order chi connectivity index (χ1) is 11.0. The van der Waals surface area contributed by atoms with E-state index in [-0.39, 0.29) is 4.90 Å². The zero-order chi connectivity index (χ0) is 16.7. The SMILES string of the molecule is CC(C)COc1ccc(S(=O)(=O)NCCc2cncnc2)cc1. The Hall–Kier alpha value is -1.99. The largest absolute Gasteiger partial charge is 0.493 e. The lowest BCUT2D eigenvalue weighted by molar-refractivity contribution is 0.271. The van der Waals surface area contributed by atoms with Crippen LogP contribution in [0.15, 0.2) is 47.9 Å². The van der Waals surface area contributed by atoms with E-state index < -0.39 is 10.0 Å². The Labute approximate surface area is 137 Å². The number of sulfonamides is 1. The predicted molar refractivity (Wildman–Crippen MR) is 87.7 cm³/mol. The highest BCUT2D eigenvalue weighted by Crippen LogP contribution is 2.16. The quantitative estimate of drug-likeness (QED) is 0.798. The summed E-state index contributed by atoms with van der Waals surface area (Å²) >= 11 is 0. The normalized spacial score (nSPS) is 11.6. The highest BCUT2D eigenvalue weighted by atomic mass is 32.2. The molecule has 124 valence electrons. The van der Waals surface area contributed by atoms with Gasteiger partial charge in [-0.25, -0.2) is 23.1 Å². The first-order valence-electron chi connectivity index (χ1n) is 7.44. The van der Waals surface area contributed by atoms with Crippen LogP contribution in [0.25, 0.3) is 0 Å². The molecule has 2 rings (SSSR count). The molecule has 23 heavy (non-hydrogen) atoms. The Morgan fingerprint density at radius 1 is 1.13 bits per heavy atom. The molecule has 0 spiro atoms. The maximum atomic E-state index is 12.2. The van der Waals surface area contributed by atoms with Crippen LogP contribution in [0.5, 0.6) is 5.75 Å². The van der Waals surface area contributed by atoms with Gasteiger partial charge in [0.15, 0.2) is 0 Å². The fourth-order valence-electron chi connectivity index (χ4n) is 1.85. The van der Waals surface area contributed by atoms with Gasteiger partial charge in [-0.05, 0) is 42.2 Å². The van der Waals surface area contributed by atoms with Crippen molar-refractivity contribution in [2.45, 2.75) is 25.2 Å². The van der Waals surface area contributed by atoms with Crippen LogP contribution in [0.1, 0.15) is 19.4 Å². The van der Waals surface area contributed by atoms with E-state index >= 15 is 0 Å². The van der Waals surface area contributed by atoms with Gasteiger partial charge in [0.1, 0.15) is 12.1 Å². The number of ether oxygens (including phenoxy) is 1. The minimum absolute atomic E-state index is 0.221. The lowest BCUT2D eigenvalue weighted by atomic mass is 10.2. The van der Waals surface area contributed by atoms with Crippen molar-refractivity contribution < 1.29 is 13.2 Å². The fraction of sp³-hybridized carbons (Fsp3) is 0.375. The highest BCUT2D eigenvalue weighted by Gasteiger charge is 2.13. The molecule has 0 bridgehead atoms. The van der Waals surface area contributed by atoms with Gasteiger partial charge in [0.05, 0.1) is 11.5 Å². The van der Waals surface area contributed by atoms with Crippen LogP contribution in [0.4, 0.5) is 0 Å². The minimum atomic E-state index is -3.52. The van der Waals surface area contributed by atoms with Gasteiger partial charge >= 0.3 is 0 Å². The van der Waals surface area contributed by atoms with Crippen LogP contribution >= 0.6 is 0 Å². The molecule has 1 heterocycles. The zero-order valence-corrected chi connectivity index (χ0v) is 14.1. The van der Waals surface area contributed by atoms with Crippen molar-refractivity contribution in [2.24, 2.45) is 5.92 Å². The van der Waals surface area contributed by atoms with Crippen LogP contribution < -0.4 is 9.46 Å². The van der Waals surface area contributed by atoms with E-state index in [1.807, 2.05) is 0 Å². The molecule has 0 aliphatic heterocycles. The summed E-state index contributed by atoms with van der Waals surface area (Å²) in [5.41, 5.74) is 0.882. The minimum Gasteiger partial charge on any atom is -0.493 e. The molecule has 2 aromatic rings. The smallest absolute Gasteiger partial charge is 0.240 e. The van der Waals surface area contributed by atoms with E-state index in [1.54, 1.807) is 36.7 Å². The van der Waals surface area contributed by atoms with Gasteiger partial charge in [0.2, 0.25) is 10.0 Å². The Balaban J connectivity index is 1.91. The summed E-state index contributed by atoms with van der Waals surface area (Å²) in [4.78, 5) is 8.01. The fourth-order valence-corrected chi connectivity index (χ4v) is 2.88. The molecular weight excluding hydrogens is 314 g/mol. The van der Waals surface area contributed by atoms with E-state index in [1.165, 1.54) is 6.33 Å². The van der Waals surface area contributed by atoms with E-state index in [9.17, 15) is 8.42 Å². The summed E-state index contributed by atoms with van der Waals surface area (Å²) in [7, 11) is -3.52. The monoisotopic (exact) mass is 335 g/mol. The number of nitrogens with zero attached hydrogens (tertiary/aromatic N) is 2. The number of nitrogens with one attached hydrogen (secondary N) is 1. The second-order valence-corrected chi connectivity index (χ2v) is 7.34. The van der Waals surface area contributed by atoms with Gasteiger partial charge < -0.3 is 4.74 Å². The third kappa shape index (κ3) is 5.61. The summed E-state index contributed by atoms with van der Waals surface area (Å²) in [6.07, 6.45) is 5.32. The van der Waals surface area contributed by atoms with Crippen molar-refractivity contribution >= 4 is 10.0 Å². The van der Waals surface area contributed by atoms with Crippen LogP contribution in [0.2, 0.25) is 0 Å². The Kier molecular flexibility index (Phi) is 6.06. The van der Waals surface area contributed by atoms with Crippen molar-refractivity contribution in [2.75, 3.05) is 13.2 Å². The summed E-state index contributed by atoms with van der Waals surface area (Å²) < 4.78 is 32.5. The maximum absolute atomic E-state index is 12.2. The Morgan fingerprint density at radius 2 is 1.78 bits per heavy atom. The number of aromatic nitrogens is 2. The number of hydrogen-bond donors (Lipinski definition) is 1. The van der Waals surface area contributed by atoms with Gasteiger partial charge in [-0.15, -0.1) is 0 Å². The number of rotatable bonds is 8. The summed E-state index contributed by atoms with van der Waals surface area (Å²) in [5.74, 6) is 1.08. The molecular formula is C16H21N3O3S. The average molecular weight is 335 g/mol. The molecule has 1 aromatic heterocycles. The molecule has 7 heteroatoms. The van der Waals surface area contributed by atoms with Crippen molar-refractivity contribution in [1.29, 1.82) is 0 Å². The molecule has 0 aliphatic rings. The third-order valence-electron chi connectivity index (χ3n) is 3.04. The molecule has 0 fully saturated rings.